The number of hydrogen-bond donors (Lipinski definition) is 6. The molecule has 3 heterocycles. The lowest BCUT2D eigenvalue weighted by Gasteiger charge is -2.17. The highest BCUT2D eigenvalue weighted by Crippen LogP contribution is 2.32. The van der Waals surface area contributed by atoms with Crippen LogP contribution in [0.15, 0.2) is 12.7 Å². The van der Waals surface area contributed by atoms with E-state index in [1.165, 1.54) is 17.2 Å². The first-order valence-electron chi connectivity index (χ1n) is 7.39. The normalized spacial score (nSPS) is 27.2. The van der Waals surface area contributed by atoms with Gasteiger partial charge in [-0.05, 0) is 0 Å². The molecule has 0 aromatic carbocycles. The molecule has 0 spiro atoms. The first-order valence-corrected chi connectivity index (χ1v) is 7.39. The van der Waals surface area contributed by atoms with Gasteiger partial charge in [-0.1, -0.05) is 0 Å². The van der Waals surface area contributed by atoms with E-state index in [1.54, 1.807) is 0 Å². The fourth-order valence-electron chi connectivity index (χ4n) is 2.60. The molecule has 0 amide bonds. The van der Waals surface area contributed by atoms with Gasteiger partial charge >= 0.3 is 0 Å². The van der Waals surface area contributed by atoms with E-state index in [0.29, 0.717) is 17.0 Å². The van der Waals surface area contributed by atoms with E-state index < -0.39 is 37.2 Å². The summed E-state index contributed by atoms with van der Waals surface area (Å²) in [4.78, 5) is 12.3. The van der Waals surface area contributed by atoms with Gasteiger partial charge in [0.2, 0.25) is 0 Å². The molecule has 0 radical (unpaired) electrons. The Bertz CT molecular complexity index is 693. The highest BCUT2D eigenvalue weighted by Gasteiger charge is 2.44. The van der Waals surface area contributed by atoms with Crippen molar-refractivity contribution in [2.24, 2.45) is 0 Å². The van der Waals surface area contributed by atoms with E-state index in [-0.39, 0.29) is 13.2 Å². The molecule has 11 nitrogen and oxygen atoms in total. The molecule has 3 rings (SSSR count). The Balaban J connectivity index is 1.94. The van der Waals surface area contributed by atoms with E-state index >= 15 is 0 Å². The van der Waals surface area contributed by atoms with Crippen LogP contribution in [0.5, 0.6) is 0 Å². The second-order valence-corrected chi connectivity index (χ2v) is 5.48. The summed E-state index contributed by atoms with van der Waals surface area (Å²) in [6.45, 7) is -1.02. The largest absolute Gasteiger partial charge is 0.394 e. The molecule has 1 aliphatic rings. The molecule has 0 saturated carbocycles. The van der Waals surface area contributed by atoms with E-state index in [1.807, 2.05) is 0 Å². The van der Waals surface area contributed by atoms with Gasteiger partial charge in [0, 0.05) is 0 Å². The molecule has 132 valence electrons. The third-order valence-corrected chi connectivity index (χ3v) is 3.93. The number of aliphatic hydroxyl groups is 5. The zero-order valence-corrected chi connectivity index (χ0v) is 12.6. The van der Waals surface area contributed by atoms with E-state index in [2.05, 4.69) is 20.3 Å². The Morgan fingerprint density at radius 2 is 1.88 bits per heavy atom. The van der Waals surface area contributed by atoms with Gasteiger partial charge in [-0.25, -0.2) is 15.0 Å². The molecule has 1 saturated heterocycles. The number of ether oxygens (including phenoxy) is 1. The van der Waals surface area contributed by atoms with Crippen LogP contribution in [0.25, 0.3) is 11.2 Å². The van der Waals surface area contributed by atoms with Crippen molar-refractivity contribution in [3.63, 3.8) is 0 Å². The van der Waals surface area contributed by atoms with Gasteiger partial charge in [0.05, 0.1) is 32.2 Å². The third kappa shape index (κ3) is 2.81. The lowest BCUT2D eigenvalue weighted by atomic mass is 10.1. The maximum atomic E-state index is 10.1. The summed E-state index contributed by atoms with van der Waals surface area (Å²) in [6.07, 6.45) is -1.72. The number of fused-ring (bicyclic) bond motifs is 1. The second-order valence-electron chi connectivity index (χ2n) is 5.48. The number of aliphatic hydroxyl groups excluding tert-OH is 5. The molecule has 0 aliphatic carbocycles. The Labute approximate surface area is 136 Å². The lowest BCUT2D eigenvalue weighted by molar-refractivity contribution is -0.0511. The van der Waals surface area contributed by atoms with Crippen molar-refractivity contribution in [1.82, 2.24) is 19.5 Å². The maximum absolute atomic E-state index is 10.1. The van der Waals surface area contributed by atoms with Crippen molar-refractivity contribution in [3.05, 3.63) is 12.7 Å². The minimum atomic E-state index is -1.26. The van der Waals surface area contributed by atoms with Crippen LogP contribution >= 0.6 is 0 Å². The fourth-order valence-corrected chi connectivity index (χ4v) is 2.60. The van der Waals surface area contributed by atoms with E-state index in [4.69, 9.17) is 14.9 Å². The lowest BCUT2D eigenvalue weighted by Crippen LogP contribution is -2.33. The molecular weight excluding hydrogens is 322 g/mol. The third-order valence-electron chi connectivity index (χ3n) is 3.93. The molecule has 1 fully saturated rings. The Hall–Kier alpha value is -1.89. The standard InChI is InChI=1S/C13H19N5O6/c19-1-6(2-20)17-11-8-12(15-4-14-11)18(5-16-8)13-10(23)9(22)7(3-21)24-13/h4-7,9-10,13,19-23H,1-3H2,(H,14,15,17)/t7-,9+,10?,13-/m1/s1. The topological polar surface area (TPSA) is 166 Å². The molecule has 2 aromatic rings. The number of rotatable bonds is 6. The Morgan fingerprint density at radius 3 is 2.50 bits per heavy atom. The minimum absolute atomic E-state index is 0.294. The first-order chi connectivity index (χ1) is 11.6. The maximum Gasteiger partial charge on any atom is 0.167 e. The molecule has 1 unspecified atom stereocenters. The summed E-state index contributed by atoms with van der Waals surface area (Å²) in [5, 5.41) is 50.3. The predicted octanol–water partition coefficient (Wildman–Crippen LogP) is -2.80. The zero-order chi connectivity index (χ0) is 17.3. The van der Waals surface area contributed by atoms with Crippen molar-refractivity contribution in [2.45, 2.75) is 30.6 Å². The summed E-state index contributed by atoms with van der Waals surface area (Å²) in [6, 6.07) is -0.609. The van der Waals surface area contributed by atoms with Crippen LogP contribution in [-0.4, -0.2) is 89.2 Å². The number of anilines is 1. The predicted molar refractivity (Wildman–Crippen MR) is 79.9 cm³/mol. The SMILES string of the molecule is OCC(CO)Nc1ncnc2c1ncn2[C@@H]1O[C@H](CO)[C@H](O)C1O. The van der Waals surface area contributed by atoms with Gasteiger partial charge in [-0.15, -0.1) is 0 Å². The van der Waals surface area contributed by atoms with Crippen LogP contribution in [0.2, 0.25) is 0 Å². The average molecular weight is 341 g/mol. The Kier molecular flexibility index (Phi) is 4.89. The highest BCUT2D eigenvalue weighted by atomic mass is 16.6. The molecule has 0 bridgehead atoms. The quantitative estimate of drug-likeness (QED) is 0.323. The monoisotopic (exact) mass is 341 g/mol. The number of nitrogens with one attached hydrogen (secondary N) is 1. The van der Waals surface area contributed by atoms with Crippen LogP contribution < -0.4 is 5.32 Å². The van der Waals surface area contributed by atoms with E-state index in [0.717, 1.165) is 0 Å². The molecule has 4 atom stereocenters. The van der Waals surface area contributed by atoms with Crippen molar-refractivity contribution >= 4 is 17.0 Å². The molecule has 6 N–H and O–H groups in total. The minimum Gasteiger partial charge on any atom is -0.394 e. The summed E-state index contributed by atoms with van der Waals surface area (Å²) >= 11 is 0. The van der Waals surface area contributed by atoms with Gasteiger partial charge in [-0.3, -0.25) is 4.57 Å². The first kappa shape index (κ1) is 17.0. The zero-order valence-electron chi connectivity index (χ0n) is 12.6. The van der Waals surface area contributed by atoms with Crippen LogP contribution in [0.4, 0.5) is 5.82 Å². The highest BCUT2D eigenvalue weighted by molar-refractivity contribution is 5.82. The van der Waals surface area contributed by atoms with Crippen molar-refractivity contribution in [3.8, 4) is 0 Å². The van der Waals surface area contributed by atoms with Gasteiger partial charge in [-0.2, -0.15) is 0 Å². The average Bonchev–Trinajstić information content (AvgIpc) is 3.15. The van der Waals surface area contributed by atoms with Gasteiger partial charge in [0.15, 0.2) is 23.2 Å². The summed E-state index contributed by atoms with van der Waals surface area (Å²) in [5.41, 5.74) is 0.680. The van der Waals surface area contributed by atoms with Gasteiger partial charge < -0.3 is 35.6 Å². The smallest absolute Gasteiger partial charge is 0.167 e. The van der Waals surface area contributed by atoms with E-state index in [9.17, 15) is 15.3 Å². The number of hydrogen-bond acceptors (Lipinski definition) is 10. The summed E-state index contributed by atoms with van der Waals surface area (Å²) < 4.78 is 6.89. The molecule has 11 heteroatoms. The molecule has 2 aromatic heterocycles. The van der Waals surface area contributed by atoms with Crippen LogP contribution in [-0.2, 0) is 4.74 Å². The fraction of sp³-hybridized carbons (Fsp3) is 0.615. The molecule has 1 aliphatic heterocycles. The van der Waals surface area contributed by atoms with Gasteiger partial charge in [0.1, 0.15) is 24.6 Å². The number of aromatic nitrogens is 4. The number of imidazole rings is 1. The van der Waals surface area contributed by atoms with Crippen molar-refractivity contribution < 1.29 is 30.3 Å². The summed E-state index contributed by atoms with van der Waals surface area (Å²) in [7, 11) is 0. The number of nitrogens with zero attached hydrogens (tertiary/aromatic N) is 4. The molecule has 24 heavy (non-hydrogen) atoms. The van der Waals surface area contributed by atoms with Crippen molar-refractivity contribution in [1.29, 1.82) is 0 Å². The molecular formula is C13H19N5O6. The van der Waals surface area contributed by atoms with Crippen LogP contribution in [0, 0.1) is 0 Å². The van der Waals surface area contributed by atoms with Crippen molar-refractivity contribution in [2.75, 3.05) is 25.1 Å². The van der Waals surface area contributed by atoms with Gasteiger partial charge in [0.25, 0.3) is 0 Å². The summed E-state index contributed by atoms with van der Waals surface area (Å²) in [5.74, 6) is 0.304. The van der Waals surface area contributed by atoms with Crippen LogP contribution in [0.3, 0.4) is 0 Å². The van der Waals surface area contributed by atoms with Crippen LogP contribution in [0.1, 0.15) is 6.23 Å². The second kappa shape index (κ2) is 6.93. The Morgan fingerprint density at radius 1 is 1.12 bits per heavy atom.